The van der Waals surface area contributed by atoms with Gasteiger partial charge in [-0.1, -0.05) is 153 Å². The van der Waals surface area contributed by atoms with E-state index in [1.54, 1.807) is 0 Å². The number of aromatic nitrogens is 3. The molecular formula is C46H31N3. The van der Waals surface area contributed by atoms with E-state index in [1.165, 1.54) is 49.2 Å². The molecule has 0 aliphatic heterocycles. The summed E-state index contributed by atoms with van der Waals surface area (Å²) in [5.74, 6) is 1.99. The third kappa shape index (κ3) is 4.25. The lowest BCUT2D eigenvalue weighted by Gasteiger charge is -2.21. The van der Waals surface area contributed by atoms with Gasteiger partial charge in [0.2, 0.25) is 0 Å². The molecule has 230 valence electrons. The van der Waals surface area contributed by atoms with E-state index in [2.05, 4.69) is 166 Å². The Kier molecular flexibility index (Phi) is 5.92. The first-order chi connectivity index (χ1) is 24.0. The van der Waals surface area contributed by atoms with Crippen molar-refractivity contribution in [2.45, 2.75) is 19.3 Å². The van der Waals surface area contributed by atoms with Gasteiger partial charge < -0.3 is 0 Å². The Labute approximate surface area is 284 Å². The minimum atomic E-state index is -0.0718. The van der Waals surface area contributed by atoms with Gasteiger partial charge in [-0.05, 0) is 77.5 Å². The van der Waals surface area contributed by atoms with E-state index >= 15 is 0 Å². The second kappa shape index (κ2) is 10.4. The fourth-order valence-corrected chi connectivity index (χ4v) is 7.98. The van der Waals surface area contributed by atoms with Gasteiger partial charge in [0, 0.05) is 22.1 Å². The van der Waals surface area contributed by atoms with E-state index in [0.29, 0.717) is 17.5 Å². The topological polar surface area (TPSA) is 38.7 Å². The lowest BCUT2D eigenvalue weighted by atomic mass is 9.82. The predicted octanol–water partition coefficient (Wildman–Crippen LogP) is 11.8. The van der Waals surface area contributed by atoms with Crippen molar-refractivity contribution in [1.82, 2.24) is 15.0 Å². The minimum absolute atomic E-state index is 0.0718. The molecule has 0 radical (unpaired) electrons. The number of benzene rings is 8. The lowest BCUT2D eigenvalue weighted by molar-refractivity contribution is 0.661. The zero-order chi connectivity index (χ0) is 32.7. The van der Waals surface area contributed by atoms with Crippen LogP contribution in [0.25, 0.3) is 88.4 Å². The molecule has 0 unspecified atom stereocenters. The zero-order valence-corrected chi connectivity index (χ0v) is 27.3. The average molecular weight is 626 g/mol. The molecule has 0 atom stereocenters. The number of fused-ring (bicyclic) bond motifs is 9. The van der Waals surface area contributed by atoms with Gasteiger partial charge in [0.1, 0.15) is 0 Å². The molecule has 1 aliphatic carbocycles. The summed E-state index contributed by atoms with van der Waals surface area (Å²) in [4.78, 5) is 15.5. The first kappa shape index (κ1) is 27.9. The van der Waals surface area contributed by atoms with Gasteiger partial charge in [-0.25, -0.2) is 15.0 Å². The molecule has 0 bridgehead atoms. The lowest BCUT2D eigenvalue weighted by Crippen LogP contribution is -2.14. The van der Waals surface area contributed by atoms with Crippen LogP contribution in [0.15, 0.2) is 152 Å². The maximum Gasteiger partial charge on any atom is 0.164 e. The molecule has 0 amide bonds. The second-order valence-corrected chi connectivity index (χ2v) is 13.7. The van der Waals surface area contributed by atoms with Crippen molar-refractivity contribution in [3.8, 4) is 45.3 Å². The van der Waals surface area contributed by atoms with Crippen molar-refractivity contribution >= 4 is 43.1 Å². The fraction of sp³-hybridized carbons (Fsp3) is 0.0652. The molecule has 9 aromatic rings. The Morgan fingerprint density at radius 1 is 0.388 bits per heavy atom. The Morgan fingerprint density at radius 2 is 0.939 bits per heavy atom. The van der Waals surface area contributed by atoms with Gasteiger partial charge in [0.15, 0.2) is 17.5 Å². The molecule has 49 heavy (non-hydrogen) atoms. The summed E-state index contributed by atoms with van der Waals surface area (Å²) in [5.41, 5.74) is 8.26. The van der Waals surface area contributed by atoms with E-state index in [0.717, 1.165) is 32.8 Å². The largest absolute Gasteiger partial charge is 0.208 e. The first-order valence-electron chi connectivity index (χ1n) is 16.9. The van der Waals surface area contributed by atoms with Gasteiger partial charge >= 0.3 is 0 Å². The van der Waals surface area contributed by atoms with Gasteiger partial charge in [0.05, 0.1) is 0 Å². The summed E-state index contributed by atoms with van der Waals surface area (Å²) in [5, 5.41) is 9.55. The molecule has 10 rings (SSSR count). The first-order valence-corrected chi connectivity index (χ1v) is 16.9. The summed E-state index contributed by atoms with van der Waals surface area (Å²) in [6.45, 7) is 4.68. The molecule has 3 nitrogen and oxygen atoms in total. The van der Waals surface area contributed by atoms with E-state index in [1.807, 2.05) is 0 Å². The third-order valence-electron chi connectivity index (χ3n) is 10.5. The van der Waals surface area contributed by atoms with E-state index in [9.17, 15) is 0 Å². The standard InChI is InChI=1S/C46H31N3/c1-46(2)39-17-8-7-14-38(39)42-40(46)25-23-30-22-24-35-36(41(30)42)15-9-16-37(35)45-48-43(33-20-18-28-10-3-5-12-31(28)26-33)47-44(49-45)34-21-19-29-11-4-6-13-32(29)27-34/h3-27H,1-2H3. The molecule has 0 saturated heterocycles. The van der Waals surface area contributed by atoms with Crippen LogP contribution in [0.5, 0.6) is 0 Å². The van der Waals surface area contributed by atoms with Crippen molar-refractivity contribution in [3.05, 3.63) is 163 Å². The highest BCUT2D eigenvalue weighted by Gasteiger charge is 2.36. The van der Waals surface area contributed by atoms with Gasteiger partial charge in [-0.15, -0.1) is 0 Å². The van der Waals surface area contributed by atoms with Crippen LogP contribution in [0.4, 0.5) is 0 Å². The van der Waals surface area contributed by atoms with E-state index in [-0.39, 0.29) is 5.41 Å². The van der Waals surface area contributed by atoms with Crippen molar-refractivity contribution in [1.29, 1.82) is 0 Å². The molecule has 8 aromatic carbocycles. The Hall–Kier alpha value is -6.19. The van der Waals surface area contributed by atoms with E-state index < -0.39 is 0 Å². The summed E-state index contributed by atoms with van der Waals surface area (Å²) in [6, 6.07) is 54.2. The maximum atomic E-state index is 5.21. The molecule has 0 spiro atoms. The predicted molar refractivity (Wildman–Crippen MR) is 204 cm³/mol. The van der Waals surface area contributed by atoms with Crippen molar-refractivity contribution in [2.24, 2.45) is 0 Å². The highest BCUT2D eigenvalue weighted by atomic mass is 15.0. The van der Waals surface area contributed by atoms with Crippen LogP contribution in [0.3, 0.4) is 0 Å². The van der Waals surface area contributed by atoms with Crippen molar-refractivity contribution < 1.29 is 0 Å². The molecule has 1 aromatic heterocycles. The molecule has 3 heteroatoms. The third-order valence-corrected chi connectivity index (χ3v) is 10.5. The molecule has 0 fully saturated rings. The Bertz CT molecular complexity index is 2710. The Balaban J connectivity index is 1.24. The number of hydrogen-bond donors (Lipinski definition) is 0. The van der Waals surface area contributed by atoms with Crippen LogP contribution in [0.2, 0.25) is 0 Å². The minimum Gasteiger partial charge on any atom is -0.208 e. The van der Waals surface area contributed by atoms with Gasteiger partial charge in [-0.2, -0.15) is 0 Å². The highest BCUT2D eigenvalue weighted by Crippen LogP contribution is 2.52. The summed E-state index contributed by atoms with van der Waals surface area (Å²) in [6.07, 6.45) is 0. The van der Waals surface area contributed by atoms with Crippen LogP contribution >= 0.6 is 0 Å². The summed E-state index contributed by atoms with van der Waals surface area (Å²) >= 11 is 0. The van der Waals surface area contributed by atoms with Gasteiger partial charge in [0.25, 0.3) is 0 Å². The van der Waals surface area contributed by atoms with Crippen molar-refractivity contribution in [2.75, 3.05) is 0 Å². The monoisotopic (exact) mass is 625 g/mol. The maximum absolute atomic E-state index is 5.21. The van der Waals surface area contributed by atoms with E-state index in [4.69, 9.17) is 15.0 Å². The summed E-state index contributed by atoms with van der Waals surface area (Å²) in [7, 11) is 0. The number of rotatable bonds is 3. The van der Waals surface area contributed by atoms with Crippen LogP contribution in [-0.2, 0) is 5.41 Å². The van der Waals surface area contributed by atoms with Crippen molar-refractivity contribution in [3.63, 3.8) is 0 Å². The smallest absolute Gasteiger partial charge is 0.164 e. The number of hydrogen-bond acceptors (Lipinski definition) is 3. The molecule has 1 heterocycles. The van der Waals surface area contributed by atoms with Crippen LogP contribution in [-0.4, -0.2) is 15.0 Å². The zero-order valence-electron chi connectivity index (χ0n) is 27.3. The highest BCUT2D eigenvalue weighted by molar-refractivity contribution is 6.19. The van der Waals surface area contributed by atoms with Crippen LogP contribution < -0.4 is 0 Å². The molecule has 0 N–H and O–H groups in total. The number of nitrogens with zero attached hydrogens (tertiary/aromatic N) is 3. The molecule has 0 saturated carbocycles. The summed E-state index contributed by atoms with van der Waals surface area (Å²) < 4.78 is 0. The second-order valence-electron chi connectivity index (χ2n) is 13.7. The van der Waals surface area contributed by atoms with Crippen LogP contribution in [0.1, 0.15) is 25.0 Å². The normalized spacial score (nSPS) is 13.3. The fourth-order valence-electron chi connectivity index (χ4n) is 7.98. The average Bonchev–Trinajstić information content (AvgIpc) is 3.39. The molecule has 1 aliphatic rings. The van der Waals surface area contributed by atoms with Gasteiger partial charge in [-0.3, -0.25) is 0 Å². The Morgan fingerprint density at radius 3 is 1.63 bits per heavy atom. The quantitative estimate of drug-likeness (QED) is 0.183. The van der Waals surface area contributed by atoms with Crippen LogP contribution in [0, 0.1) is 0 Å². The molecular weight excluding hydrogens is 595 g/mol. The SMILES string of the molecule is CC1(C)c2ccccc2-c2c1ccc1ccc3c(-c4nc(-c5ccc6ccccc6c5)nc(-c5ccc6ccccc6c5)n4)cccc3c21.